The van der Waals surface area contributed by atoms with Gasteiger partial charge in [-0.15, -0.1) is 0 Å². The van der Waals surface area contributed by atoms with E-state index in [-0.39, 0.29) is 5.75 Å². The number of aromatic nitrogens is 1. The molecule has 0 saturated carbocycles. The standard InChI is InChI=1S/C8H6F3NO3/c9-8(10,11)6-3-5(1-2-12-6)15-4-7(13)14/h1-3H,4H2,(H,13,14). The number of alkyl halides is 3. The van der Waals surface area contributed by atoms with E-state index in [0.717, 1.165) is 12.3 Å². The molecule has 0 aliphatic rings. The highest BCUT2D eigenvalue weighted by Crippen LogP contribution is 2.29. The Bertz CT molecular complexity index is 364. The van der Waals surface area contributed by atoms with E-state index in [9.17, 15) is 18.0 Å². The maximum atomic E-state index is 12.1. The van der Waals surface area contributed by atoms with Gasteiger partial charge in [0.05, 0.1) is 0 Å². The Labute approximate surface area is 82.3 Å². The van der Waals surface area contributed by atoms with Gasteiger partial charge in [0.2, 0.25) is 0 Å². The molecule has 7 heteroatoms. The molecule has 0 fully saturated rings. The first-order valence-electron chi connectivity index (χ1n) is 3.77. The second-order valence-corrected chi connectivity index (χ2v) is 2.56. The molecule has 1 aromatic rings. The van der Waals surface area contributed by atoms with Crippen molar-refractivity contribution in [2.75, 3.05) is 6.61 Å². The molecule has 0 aromatic carbocycles. The van der Waals surface area contributed by atoms with E-state index in [0.29, 0.717) is 6.07 Å². The van der Waals surface area contributed by atoms with Gasteiger partial charge in [0.25, 0.3) is 0 Å². The molecule has 0 aliphatic heterocycles. The molecule has 4 nitrogen and oxygen atoms in total. The van der Waals surface area contributed by atoms with E-state index in [1.165, 1.54) is 0 Å². The predicted molar refractivity (Wildman–Crippen MR) is 42.4 cm³/mol. The van der Waals surface area contributed by atoms with Crippen molar-refractivity contribution in [3.8, 4) is 5.75 Å². The van der Waals surface area contributed by atoms with Gasteiger partial charge in [-0.05, 0) is 6.07 Å². The number of carboxylic acid groups (broad SMARTS) is 1. The van der Waals surface area contributed by atoms with Gasteiger partial charge in [-0.25, -0.2) is 4.79 Å². The van der Waals surface area contributed by atoms with Crippen LogP contribution in [0.25, 0.3) is 0 Å². The van der Waals surface area contributed by atoms with Crippen LogP contribution in [0.3, 0.4) is 0 Å². The number of pyridine rings is 1. The summed E-state index contributed by atoms with van der Waals surface area (Å²) in [6, 6.07) is 1.79. The number of hydrogen-bond donors (Lipinski definition) is 1. The van der Waals surface area contributed by atoms with E-state index in [1.54, 1.807) is 0 Å². The van der Waals surface area contributed by atoms with Gasteiger partial charge in [0, 0.05) is 12.3 Å². The van der Waals surface area contributed by atoms with Crippen molar-refractivity contribution in [3.05, 3.63) is 24.0 Å². The van der Waals surface area contributed by atoms with E-state index in [1.807, 2.05) is 0 Å². The summed E-state index contributed by atoms with van der Waals surface area (Å²) in [6.07, 6.45) is -3.66. The van der Waals surface area contributed by atoms with Gasteiger partial charge in [-0.1, -0.05) is 0 Å². The fourth-order valence-electron chi connectivity index (χ4n) is 0.801. The fourth-order valence-corrected chi connectivity index (χ4v) is 0.801. The van der Waals surface area contributed by atoms with Crippen molar-refractivity contribution in [1.29, 1.82) is 0 Å². The lowest BCUT2D eigenvalue weighted by Gasteiger charge is -2.07. The molecule has 1 heterocycles. The fraction of sp³-hybridized carbons (Fsp3) is 0.250. The van der Waals surface area contributed by atoms with Crippen molar-refractivity contribution >= 4 is 5.97 Å². The SMILES string of the molecule is O=C(O)COc1ccnc(C(F)(F)F)c1. The summed E-state index contributed by atoms with van der Waals surface area (Å²) in [5.74, 6) is -1.44. The molecule has 0 saturated heterocycles. The van der Waals surface area contributed by atoms with Crippen LogP contribution in [0, 0.1) is 0 Å². The zero-order chi connectivity index (χ0) is 11.5. The van der Waals surface area contributed by atoms with Crippen molar-refractivity contribution in [2.24, 2.45) is 0 Å². The number of aliphatic carboxylic acids is 1. The highest BCUT2D eigenvalue weighted by Gasteiger charge is 2.32. The molecule has 0 bridgehead atoms. The molecule has 0 atom stereocenters. The molecule has 0 aliphatic carbocycles. The summed E-state index contributed by atoms with van der Waals surface area (Å²) in [5.41, 5.74) is -1.12. The third-order valence-corrected chi connectivity index (χ3v) is 1.38. The minimum atomic E-state index is -4.57. The topological polar surface area (TPSA) is 59.4 Å². The molecular formula is C8H6F3NO3. The zero-order valence-corrected chi connectivity index (χ0v) is 7.28. The summed E-state index contributed by atoms with van der Waals surface area (Å²) in [7, 11) is 0. The minimum absolute atomic E-state index is 0.181. The average Bonchev–Trinajstić information content (AvgIpc) is 2.14. The van der Waals surface area contributed by atoms with Crippen LogP contribution in [-0.4, -0.2) is 22.7 Å². The summed E-state index contributed by atoms with van der Waals surface area (Å²) in [4.78, 5) is 13.2. The van der Waals surface area contributed by atoms with Crippen molar-refractivity contribution in [1.82, 2.24) is 4.98 Å². The maximum Gasteiger partial charge on any atom is 0.433 e. The van der Waals surface area contributed by atoms with Crippen LogP contribution in [0.4, 0.5) is 13.2 Å². The number of rotatable bonds is 3. The molecule has 1 rings (SSSR count). The number of hydrogen-bond acceptors (Lipinski definition) is 3. The van der Waals surface area contributed by atoms with Gasteiger partial charge in [-0.3, -0.25) is 4.98 Å². The molecule has 0 spiro atoms. The average molecular weight is 221 g/mol. The number of carbonyl (C=O) groups is 1. The van der Waals surface area contributed by atoms with Gasteiger partial charge < -0.3 is 9.84 Å². The van der Waals surface area contributed by atoms with Crippen LogP contribution in [0.2, 0.25) is 0 Å². The molecule has 0 unspecified atom stereocenters. The Balaban J connectivity index is 2.79. The van der Waals surface area contributed by atoms with E-state index in [2.05, 4.69) is 9.72 Å². The van der Waals surface area contributed by atoms with Crippen molar-refractivity contribution in [2.45, 2.75) is 6.18 Å². The second-order valence-electron chi connectivity index (χ2n) is 2.56. The quantitative estimate of drug-likeness (QED) is 0.841. The van der Waals surface area contributed by atoms with E-state index >= 15 is 0 Å². The number of nitrogens with zero attached hydrogens (tertiary/aromatic N) is 1. The Morgan fingerprint density at radius 2 is 2.20 bits per heavy atom. The third-order valence-electron chi connectivity index (χ3n) is 1.38. The van der Waals surface area contributed by atoms with Gasteiger partial charge in [0.1, 0.15) is 11.4 Å². The zero-order valence-electron chi connectivity index (χ0n) is 7.28. The molecule has 0 amide bonds. The largest absolute Gasteiger partial charge is 0.482 e. The van der Waals surface area contributed by atoms with Crippen molar-refractivity contribution in [3.63, 3.8) is 0 Å². The summed E-state index contributed by atoms with van der Waals surface area (Å²) < 4.78 is 41.0. The monoisotopic (exact) mass is 221 g/mol. The van der Waals surface area contributed by atoms with Gasteiger partial charge in [0.15, 0.2) is 6.61 Å². The lowest BCUT2D eigenvalue weighted by Crippen LogP contribution is -2.11. The predicted octanol–water partition coefficient (Wildman–Crippen LogP) is 1.56. The number of carboxylic acids is 1. The summed E-state index contributed by atoms with van der Waals surface area (Å²) >= 11 is 0. The van der Waals surface area contributed by atoms with Crippen LogP contribution in [0.1, 0.15) is 5.69 Å². The van der Waals surface area contributed by atoms with Crippen LogP contribution in [0.15, 0.2) is 18.3 Å². The first-order valence-corrected chi connectivity index (χ1v) is 3.77. The van der Waals surface area contributed by atoms with Crippen molar-refractivity contribution < 1.29 is 27.8 Å². The van der Waals surface area contributed by atoms with E-state index in [4.69, 9.17) is 5.11 Å². The molecule has 1 aromatic heterocycles. The smallest absolute Gasteiger partial charge is 0.433 e. The highest BCUT2D eigenvalue weighted by atomic mass is 19.4. The Morgan fingerprint density at radius 1 is 1.53 bits per heavy atom. The summed E-state index contributed by atoms with van der Waals surface area (Å²) in [5, 5.41) is 8.24. The van der Waals surface area contributed by atoms with Gasteiger partial charge >= 0.3 is 12.1 Å². The Hall–Kier alpha value is -1.79. The van der Waals surface area contributed by atoms with Gasteiger partial charge in [-0.2, -0.15) is 13.2 Å². The second kappa shape index (κ2) is 4.16. The molecule has 15 heavy (non-hydrogen) atoms. The lowest BCUT2D eigenvalue weighted by molar-refractivity contribution is -0.141. The normalized spacial score (nSPS) is 11.1. The Kier molecular flexibility index (Phi) is 3.13. The molecule has 1 N–H and O–H groups in total. The number of halogens is 3. The first-order chi connectivity index (χ1) is 6.89. The Morgan fingerprint density at radius 3 is 2.73 bits per heavy atom. The molecule has 0 radical (unpaired) electrons. The van der Waals surface area contributed by atoms with E-state index < -0.39 is 24.4 Å². The maximum absolute atomic E-state index is 12.1. The molecule has 82 valence electrons. The summed E-state index contributed by atoms with van der Waals surface area (Å²) in [6.45, 7) is -0.693. The third kappa shape index (κ3) is 3.45. The van der Waals surface area contributed by atoms with Crippen LogP contribution >= 0.6 is 0 Å². The first kappa shape index (κ1) is 11.3. The lowest BCUT2D eigenvalue weighted by atomic mass is 10.3. The highest BCUT2D eigenvalue weighted by molar-refractivity contribution is 5.68. The van der Waals surface area contributed by atoms with Crippen LogP contribution < -0.4 is 4.74 Å². The van der Waals surface area contributed by atoms with Crippen LogP contribution in [0.5, 0.6) is 5.75 Å². The minimum Gasteiger partial charge on any atom is -0.482 e. The molecular weight excluding hydrogens is 215 g/mol. The number of ether oxygens (including phenoxy) is 1. The van der Waals surface area contributed by atoms with Crippen LogP contribution in [-0.2, 0) is 11.0 Å².